The predicted molar refractivity (Wildman–Crippen MR) is 74.5 cm³/mol. The van der Waals surface area contributed by atoms with Gasteiger partial charge >= 0.3 is 0 Å². The highest BCUT2D eigenvalue weighted by Gasteiger charge is 2.31. The summed E-state index contributed by atoms with van der Waals surface area (Å²) in [5.74, 6) is 0. The molecule has 0 bridgehead atoms. The van der Waals surface area contributed by atoms with Crippen molar-refractivity contribution >= 4 is 0 Å². The second-order valence-corrected chi connectivity index (χ2v) is 6.37. The van der Waals surface area contributed by atoms with Crippen LogP contribution in [0.5, 0.6) is 0 Å². The van der Waals surface area contributed by atoms with Crippen LogP contribution in [0.15, 0.2) is 12.1 Å². The summed E-state index contributed by atoms with van der Waals surface area (Å²) in [4.78, 5) is 2.62. The highest BCUT2D eigenvalue weighted by molar-refractivity contribution is 5.42. The molecular weight excluding hydrogens is 206 g/mol. The van der Waals surface area contributed by atoms with E-state index in [0.717, 1.165) is 0 Å². The van der Waals surface area contributed by atoms with Crippen LogP contribution in [-0.4, -0.2) is 17.0 Å². The molecule has 1 aromatic carbocycles. The lowest BCUT2D eigenvalue weighted by Crippen LogP contribution is -2.46. The van der Waals surface area contributed by atoms with Gasteiger partial charge < -0.3 is 0 Å². The van der Waals surface area contributed by atoms with Crippen molar-refractivity contribution in [2.45, 2.75) is 59.5 Å². The van der Waals surface area contributed by atoms with Crippen molar-refractivity contribution in [2.75, 3.05) is 6.54 Å². The summed E-state index contributed by atoms with van der Waals surface area (Å²) >= 11 is 0. The van der Waals surface area contributed by atoms with Gasteiger partial charge in [0, 0.05) is 18.1 Å². The highest BCUT2D eigenvalue weighted by Crippen LogP contribution is 2.36. The van der Waals surface area contributed by atoms with Gasteiger partial charge in [0.25, 0.3) is 0 Å². The summed E-state index contributed by atoms with van der Waals surface area (Å²) in [6.07, 6.45) is 1.20. The van der Waals surface area contributed by atoms with Crippen LogP contribution in [0, 0.1) is 13.8 Å². The zero-order chi connectivity index (χ0) is 12.8. The Kier molecular flexibility index (Phi) is 3.07. The van der Waals surface area contributed by atoms with Crippen LogP contribution in [-0.2, 0) is 6.42 Å². The fraction of sp³-hybridized carbons (Fsp3) is 0.625. The molecule has 0 spiro atoms. The van der Waals surface area contributed by atoms with Crippen LogP contribution in [0.2, 0.25) is 0 Å². The van der Waals surface area contributed by atoms with Crippen LogP contribution in [0.4, 0.5) is 0 Å². The SMILES string of the molecule is Cc1ccc2c(c1C)CCN(C(C)(C)C)[C@H]2C. The van der Waals surface area contributed by atoms with Crippen molar-refractivity contribution in [1.29, 1.82) is 0 Å². The average molecular weight is 231 g/mol. The lowest BCUT2D eigenvalue weighted by Gasteiger charge is -2.44. The Labute approximate surface area is 106 Å². The summed E-state index contributed by atoms with van der Waals surface area (Å²) in [6, 6.07) is 5.15. The first-order valence-corrected chi connectivity index (χ1v) is 6.68. The van der Waals surface area contributed by atoms with Gasteiger partial charge in [-0.3, -0.25) is 4.90 Å². The Morgan fingerprint density at radius 2 is 1.82 bits per heavy atom. The third-order valence-electron chi connectivity index (χ3n) is 4.29. The number of benzene rings is 1. The minimum absolute atomic E-state index is 0.260. The molecule has 0 saturated heterocycles. The molecule has 1 heterocycles. The van der Waals surface area contributed by atoms with Crippen LogP contribution in [0.3, 0.4) is 0 Å². The fourth-order valence-electron chi connectivity index (χ4n) is 3.13. The standard InChI is InChI=1S/C16H25N/c1-11-7-8-15-13(3)17(16(4,5)6)10-9-14(15)12(11)2/h7-8,13H,9-10H2,1-6H3/t13-/m0/s1. The van der Waals surface area contributed by atoms with E-state index in [2.05, 4.69) is 58.6 Å². The Bertz CT molecular complexity index is 426. The van der Waals surface area contributed by atoms with Crippen molar-refractivity contribution in [3.63, 3.8) is 0 Å². The molecule has 1 aliphatic rings. The Morgan fingerprint density at radius 1 is 1.18 bits per heavy atom. The van der Waals surface area contributed by atoms with E-state index in [-0.39, 0.29) is 5.54 Å². The lowest BCUT2D eigenvalue weighted by molar-refractivity contribution is 0.0822. The van der Waals surface area contributed by atoms with E-state index in [1.807, 2.05) is 0 Å². The molecule has 1 heteroatoms. The summed E-state index contributed by atoms with van der Waals surface area (Å²) in [6.45, 7) is 15.0. The van der Waals surface area contributed by atoms with Gasteiger partial charge in [0.1, 0.15) is 0 Å². The van der Waals surface area contributed by atoms with Gasteiger partial charge in [-0.05, 0) is 70.2 Å². The minimum atomic E-state index is 0.260. The molecule has 94 valence electrons. The third kappa shape index (κ3) is 2.13. The maximum atomic E-state index is 2.62. The van der Waals surface area contributed by atoms with Gasteiger partial charge in [-0.15, -0.1) is 0 Å². The Morgan fingerprint density at radius 3 is 2.41 bits per heavy atom. The molecule has 0 N–H and O–H groups in total. The molecule has 1 atom stereocenters. The van der Waals surface area contributed by atoms with Crippen molar-refractivity contribution in [3.8, 4) is 0 Å². The molecule has 1 aromatic rings. The number of aryl methyl sites for hydroxylation is 1. The number of nitrogens with zero attached hydrogens (tertiary/aromatic N) is 1. The normalized spacial score (nSPS) is 21.4. The number of hydrogen-bond donors (Lipinski definition) is 0. The predicted octanol–water partition coefficient (Wildman–Crippen LogP) is 4.02. The highest BCUT2D eigenvalue weighted by atomic mass is 15.2. The molecule has 0 unspecified atom stereocenters. The van der Waals surface area contributed by atoms with E-state index in [1.54, 1.807) is 5.56 Å². The van der Waals surface area contributed by atoms with E-state index >= 15 is 0 Å². The smallest absolute Gasteiger partial charge is 0.0328 e. The van der Waals surface area contributed by atoms with E-state index < -0.39 is 0 Å². The number of rotatable bonds is 0. The third-order valence-corrected chi connectivity index (χ3v) is 4.29. The van der Waals surface area contributed by atoms with Gasteiger partial charge in [0.2, 0.25) is 0 Å². The van der Waals surface area contributed by atoms with Crippen molar-refractivity contribution in [2.24, 2.45) is 0 Å². The summed E-state index contributed by atoms with van der Waals surface area (Å²) in [5, 5.41) is 0. The molecule has 1 nitrogen and oxygen atoms in total. The van der Waals surface area contributed by atoms with Gasteiger partial charge in [0.05, 0.1) is 0 Å². The summed E-state index contributed by atoms with van der Waals surface area (Å²) in [5.41, 5.74) is 6.32. The number of fused-ring (bicyclic) bond motifs is 1. The van der Waals surface area contributed by atoms with Gasteiger partial charge in [-0.1, -0.05) is 12.1 Å². The Balaban J connectivity index is 2.44. The zero-order valence-electron chi connectivity index (χ0n) is 12.1. The molecular formula is C16H25N. The molecule has 2 rings (SSSR count). The lowest BCUT2D eigenvalue weighted by atomic mass is 9.86. The van der Waals surface area contributed by atoms with Crippen LogP contribution < -0.4 is 0 Å². The molecule has 0 aromatic heterocycles. The minimum Gasteiger partial charge on any atom is -0.291 e. The van der Waals surface area contributed by atoms with Crippen LogP contribution >= 0.6 is 0 Å². The van der Waals surface area contributed by atoms with E-state index in [0.29, 0.717) is 6.04 Å². The molecule has 0 amide bonds. The first kappa shape index (κ1) is 12.6. The number of hydrogen-bond acceptors (Lipinski definition) is 1. The zero-order valence-corrected chi connectivity index (χ0v) is 12.1. The second-order valence-electron chi connectivity index (χ2n) is 6.37. The molecule has 0 fully saturated rings. The summed E-state index contributed by atoms with van der Waals surface area (Å²) < 4.78 is 0. The van der Waals surface area contributed by atoms with Crippen LogP contribution in [0.1, 0.15) is 56.0 Å². The van der Waals surface area contributed by atoms with Gasteiger partial charge in [-0.2, -0.15) is 0 Å². The average Bonchev–Trinajstić information content (AvgIpc) is 2.22. The van der Waals surface area contributed by atoms with E-state index in [1.165, 1.54) is 29.7 Å². The molecule has 0 saturated carbocycles. The fourth-order valence-corrected chi connectivity index (χ4v) is 3.13. The van der Waals surface area contributed by atoms with E-state index in [9.17, 15) is 0 Å². The van der Waals surface area contributed by atoms with Crippen molar-refractivity contribution in [1.82, 2.24) is 4.90 Å². The van der Waals surface area contributed by atoms with Gasteiger partial charge in [0.15, 0.2) is 0 Å². The maximum absolute atomic E-state index is 2.62. The topological polar surface area (TPSA) is 3.24 Å². The first-order valence-electron chi connectivity index (χ1n) is 6.68. The largest absolute Gasteiger partial charge is 0.291 e. The van der Waals surface area contributed by atoms with Gasteiger partial charge in [-0.25, -0.2) is 0 Å². The van der Waals surface area contributed by atoms with E-state index in [4.69, 9.17) is 0 Å². The Hall–Kier alpha value is -0.820. The molecule has 0 radical (unpaired) electrons. The first-order chi connectivity index (χ1) is 7.82. The molecule has 0 aliphatic carbocycles. The quantitative estimate of drug-likeness (QED) is 0.652. The van der Waals surface area contributed by atoms with Crippen molar-refractivity contribution < 1.29 is 0 Å². The molecule has 1 aliphatic heterocycles. The van der Waals surface area contributed by atoms with Crippen LogP contribution in [0.25, 0.3) is 0 Å². The monoisotopic (exact) mass is 231 g/mol. The maximum Gasteiger partial charge on any atom is 0.0328 e. The molecule has 17 heavy (non-hydrogen) atoms. The van der Waals surface area contributed by atoms with Crippen molar-refractivity contribution in [3.05, 3.63) is 34.4 Å². The summed E-state index contributed by atoms with van der Waals surface area (Å²) in [7, 11) is 0. The second kappa shape index (κ2) is 4.13.